The van der Waals surface area contributed by atoms with E-state index in [1.807, 2.05) is 11.8 Å². The lowest BCUT2D eigenvalue weighted by atomic mass is 10.1. The first kappa shape index (κ1) is 9.36. The largest absolute Gasteiger partial charge is 0.334 e. The average Bonchev–Trinajstić information content (AvgIpc) is 2.34. The maximum absolute atomic E-state index is 11.4. The van der Waals surface area contributed by atoms with Gasteiger partial charge in [-0.05, 0) is 19.8 Å². The van der Waals surface area contributed by atoms with Crippen molar-refractivity contribution in [3.05, 3.63) is 0 Å². The number of amides is 2. The van der Waals surface area contributed by atoms with Crippen molar-refractivity contribution in [2.75, 3.05) is 6.54 Å². The molecule has 1 fully saturated rings. The van der Waals surface area contributed by atoms with Crippen LogP contribution >= 0.6 is 0 Å². The predicted molar refractivity (Wildman–Crippen MR) is 49.1 cm³/mol. The first-order valence-corrected chi connectivity index (χ1v) is 4.76. The van der Waals surface area contributed by atoms with Crippen LogP contribution in [0.2, 0.25) is 0 Å². The number of nitrogens with one attached hydrogen (secondary N) is 1. The van der Waals surface area contributed by atoms with Crippen LogP contribution in [0.25, 0.3) is 0 Å². The Hall–Kier alpha value is -0.730. The van der Waals surface area contributed by atoms with Gasteiger partial charge in [-0.3, -0.25) is 0 Å². The molecule has 0 aliphatic carbocycles. The number of hydrogen-bond donors (Lipinski definition) is 1. The molecule has 0 spiro atoms. The van der Waals surface area contributed by atoms with Crippen molar-refractivity contribution in [1.29, 1.82) is 0 Å². The summed E-state index contributed by atoms with van der Waals surface area (Å²) in [6, 6.07) is 0.851. The fourth-order valence-corrected chi connectivity index (χ4v) is 1.76. The van der Waals surface area contributed by atoms with Crippen LogP contribution < -0.4 is 5.32 Å². The highest BCUT2D eigenvalue weighted by Gasteiger charge is 2.29. The SMILES string of the molecule is CCC(CC)N1CC(C)NC1=O. The minimum Gasteiger partial charge on any atom is -0.334 e. The van der Waals surface area contributed by atoms with Crippen molar-refractivity contribution in [2.24, 2.45) is 0 Å². The second-order valence-electron chi connectivity index (χ2n) is 3.47. The van der Waals surface area contributed by atoms with Gasteiger partial charge >= 0.3 is 6.03 Å². The van der Waals surface area contributed by atoms with Gasteiger partial charge < -0.3 is 10.2 Å². The zero-order chi connectivity index (χ0) is 9.14. The van der Waals surface area contributed by atoms with Crippen LogP contribution in [0.1, 0.15) is 33.6 Å². The number of nitrogens with zero attached hydrogens (tertiary/aromatic N) is 1. The first-order valence-electron chi connectivity index (χ1n) is 4.76. The van der Waals surface area contributed by atoms with E-state index in [0.29, 0.717) is 12.1 Å². The van der Waals surface area contributed by atoms with Gasteiger partial charge in [0.15, 0.2) is 0 Å². The third-order valence-electron chi connectivity index (χ3n) is 2.48. The molecule has 1 unspecified atom stereocenters. The average molecular weight is 170 g/mol. The highest BCUT2D eigenvalue weighted by atomic mass is 16.2. The molecule has 0 bridgehead atoms. The molecule has 3 nitrogen and oxygen atoms in total. The number of carbonyl (C=O) groups is 1. The topological polar surface area (TPSA) is 32.3 Å². The Kier molecular flexibility index (Phi) is 2.95. The monoisotopic (exact) mass is 170 g/mol. The molecule has 2 amide bonds. The molecule has 0 aromatic heterocycles. The van der Waals surface area contributed by atoms with Crippen LogP contribution in [-0.4, -0.2) is 29.6 Å². The van der Waals surface area contributed by atoms with Gasteiger partial charge in [0.1, 0.15) is 0 Å². The third kappa shape index (κ3) is 1.71. The molecule has 3 heteroatoms. The van der Waals surface area contributed by atoms with Crippen molar-refractivity contribution in [1.82, 2.24) is 10.2 Å². The summed E-state index contributed by atoms with van der Waals surface area (Å²) >= 11 is 0. The molecule has 1 heterocycles. The molecule has 70 valence electrons. The van der Waals surface area contributed by atoms with Gasteiger partial charge in [0.2, 0.25) is 0 Å². The van der Waals surface area contributed by atoms with E-state index >= 15 is 0 Å². The van der Waals surface area contributed by atoms with Crippen LogP contribution in [0.15, 0.2) is 0 Å². The van der Waals surface area contributed by atoms with Gasteiger partial charge in [-0.1, -0.05) is 13.8 Å². The van der Waals surface area contributed by atoms with E-state index in [-0.39, 0.29) is 6.03 Å². The van der Waals surface area contributed by atoms with Crippen molar-refractivity contribution in [2.45, 2.75) is 45.7 Å². The fraction of sp³-hybridized carbons (Fsp3) is 0.889. The first-order chi connectivity index (χ1) is 5.69. The lowest BCUT2D eigenvalue weighted by molar-refractivity contribution is 0.193. The van der Waals surface area contributed by atoms with Gasteiger partial charge in [0.05, 0.1) is 0 Å². The van der Waals surface area contributed by atoms with Crippen LogP contribution in [0, 0.1) is 0 Å². The van der Waals surface area contributed by atoms with Gasteiger partial charge in [-0.15, -0.1) is 0 Å². The molecule has 12 heavy (non-hydrogen) atoms. The quantitative estimate of drug-likeness (QED) is 0.685. The number of rotatable bonds is 3. The molecule has 1 atom stereocenters. The van der Waals surface area contributed by atoms with E-state index in [2.05, 4.69) is 19.2 Å². The Morgan fingerprint density at radius 2 is 2.17 bits per heavy atom. The van der Waals surface area contributed by atoms with Crippen molar-refractivity contribution in [3.8, 4) is 0 Å². The molecule has 1 saturated heterocycles. The molecular formula is C9H18N2O. The minimum absolute atomic E-state index is 0.108. The summed E-state index contributed by atoms with van der Waals surface area (Å²) < 4.78 is 0. The maximum atomic E-state index is 11.4. The van der Waals surface area contributed by atoms with Crippen molar-refractivity contribution >= 4 is 6.03 Å². The van der Waals surface area contributed by atoms with Gasteiger partial charge in [0.25, 0.3) is 0 Å². The summed E-state index contributed by atoms with van der Waals surface area (Å²) in [5.74, 6) is 0. The zero-order valence-corrected chi connectivity index (χ0v) is 8.13. The van der Waals surface area contributed by atoms with E-state index in [9.17, 15) is 4.79 Å². The molecular weight excluding hydrogens is 152 g/mol. The second kappa shape index (κ2) is 3.78. The summed E-state index contributed by atoms with van der Waals surface area (Å²) in [4.78, 5) is 13.3. The Balaban J connectivity index is 2.56. The van der Waals surface area contributed by atoms with Crippen molar-refractivity contribution < 1.29 is 4.79 Å². The van der Waals surface area contributed by atoms with Crippen LogP contribution in [-0.2, 0) is 0 Å². The molecule has 1 aliphatic heterocycles. The zero-order valence-electron chi connectivity index (χ0n) is 8.13. The fourth-order valence-electron chi connectivity index (χ4n) is 1.76. The Bertz CT molecular complexity index is 166. The summed E-state index contributed by atoms with van der Waals surface area (Å²) in [7, 11) is 0. The maximum Gasteiger partial charge on any atom is 0.317 e. The van der Waals surface area contributed by atoms with E-state index in [4.69, 9.17) is 0 Å². The summed E-state index contributed by atoms with van der Waals surface area (Å²) in [5.41, 5.74) is 0. The second-order valence-corrected chi connectivity index (χ2v) is 3.47. The van der Waals surface area contributed by atoms with Crippen LogP contribution in [0.5, 0.6) is 0 Å². The van der Waals surface area contributed by atoms with E-state index in [0.717, 1.165) is 19.4 Å². The minimum atomic E-state index is 0.108. The lowest BCUT2D eigenvalue weighted by Crippen LogP contribution is -2.37. The highest BCUT2D eigenvalue weighted by Crippen LogP contribution is 2.13. The molecule has 0 saturated carbocycles. The standard InChI is InChI=1S/C9H18N2O/c1-4-8(5-2)11-6-7(3)10-9(11)12/h7-8H,4-6H2,1-3H3,(H,10,12). The number of urea groups is 1. The summed E-state index contributed by atoms with van der Waals surface area (Å²) in [6.07, 6.45) is 2.10. The predicted octanol–water partition coefficient (Wildman–Crippen LogP) is 1.59. The Labute approximate surface area is 74.1 Å². The summed E-state index contributed by atoms with van der Waals surface area (Å²) in [5, 5.41) is 2.90. The van der Waals surface area contributed by atoms with E-state index in [1.54, 1.807) is 0 Å². The molecule has 0 radical (unpaired) electrons. The van der Waals surface area contributed by atoms with Gasteiger partial charge in [0, 0.05) is 18.6 Å². The molecule has 1 rings (SSSR count). The number of hydrogen-bond acceptors (Lipinski definition) is 1. The number of carbonyl (C=O) groups excluding carboxylic acids is 1. The van der Waals surface area contributed by atoms with Crippen molar-refractivity contribution in [3.63, 3.8) is 0 Å². The highest BCUT2D eigenvalue weighted by molar-refractivity contribution is 5.77. The van der Waals surface area contributed by atoms with Crippen LogP contribution in [0.4, 0.5) is 4.79 Å². The Morgan fingerprint density at radius 1 is 1.58 bits per heavy atom. The van der Waals surface area contributed by atoms with Crippen LogP contribution in [0.3, 0.4) is 0 Å². The van der Waals surface area contributed by atoms with Gasteiger partial charge in [-0.2, -0.15) is 0 Å². The summed E-state index contributed by atoms with van der Waals surface area (Å²) in [6.45, 7) is 7.17. The van der Waals surface area contributed by atoms with Gasteiger partial charge in [-0.25, -0.2) is 4.79 Å². The smallest absolute Gasteiger partial charge is 0.317 e. The van der Waals surface area contributed by atoms with E-state index < -0.39 is 0 Å². The third-order valence-corrected chi connectivity index (χ3v) is 2.48. The van der Waals surface area contributed by atoms with E-state index in [1.165, 1.54) is 0 Å². The molecule has 1 aliphatic rings. The molecule has 0 aromatic rings. The Morgan fingerprint density at radius 3 is 2.50 bits per heavy atom. The normalized spacial score (nSPS) is 23.5. The lowest BCUT2D eigenvalue weighted by Gasteiger charge is -2.24. The molecule has 1 N–H and O–H groups in total. The molecule has 0 aromatic carbocycles.